The summed E-state index contributed by atoms with van der Waals surface area (Å²) in [6.45, 7) is 3.75. The van der Waals surface area contributed by atoms with Crippen LogP contribution in [0.1, 0.15) is 43.7 Å². The lowest BCUT2D eigenvalue weighted by atomic mass is 9.91. The summed E-state index contributed by atoms with van der Waals surface area (Å²) in [7, 11) is 0. The van der Waals surface area contributed by atoms with E-state index in [1.165, 1.54) is 5.56 Å². The maximum Gasteiger partial charge on any atom is 0.228 e. The molecule has 3 N–H and O–H groups in total. The average Bonchev–Trinajstić information content (AvgIpc) is 2.94. The molecule has 24 heavy (non-hydrogen) atoms. The lowest BCUT2D eigenvalue weighted by molar-refractivity contribution is -0.132. The van der Waals surface area contributed by atoms with Crippen LogP contribution in [0, 0.1) is 5.92 Å². The van der Waals surface area contributed by atoms with Gasteiger partial charge in [-0.15, -0.1) is 0 Å². The first-order chi connectivity index (χ1) is 11.5. The summed E-state index contributed by atoms with van der Waals surface area (Å²) in [6, 6.07) is 6.33. The van der Waals surface area contributed by atoms with E-state index in [2.05, 4.69) is 18.3 Å². The topological polar surface area (TPSA) is 75.4 Å². The van der Waals surface area contributed by atoms with Crippen molar-refractivity contribution >= 4 is 17.5 Å². The van der Waals surface area contributed by atoms with Crippen LogP contribution in [-0.2, 0) is 22.4 Å². The van der Waals surface area contributed by atoms with Gasteiger partial charge in [0.15, 0.2) is 0 Å². The SMILES string of the molecule is CC(N)C1CCN(C(=O)CCCc2ccc3c(c2)CC(=O)N3)CC1. The van der Waals surface area contributed by atoms with Gasteiger partial charge in [0, 0.05) is 31.2 Å². The summed E-state index contributed by atoms with van der Waals surface area (Å²) in [5.74, 6) is 0.875. The predicted octanol–water partition coefficient (Wildman–Crippen LogP) is 2.09. The highest BCUT2D eigenvalue weighted by Gasteiger charge is 2.24. The van der Waals surface area contributed by atoms with Crippen molar-refractivity contribution in [1.29, 1.82) is 0 Å². The van der Waals surface area contributed by atoms with Gasteiger partial charge >= 0.3 is 0 Å². The minimum Gasteiger partial charge on any atom is -0.343 e. The highest BCUT2D eigenvalue weighted by molar-refractivity contribution is 5.99. The van der Waals surface area contributed by atoms with Crippen LogP contribution in [0.15, 0.2) is 18.2 Å². The van der Waals surface area contributed by atoms with E-state index in [-0.39, 0.29) is 17.9 Å². The lowest BCUT2D eigenvalue weighted by Gasteiger charge is -2.33. The number of hydrogen-bond donors (Lipinski definition) is 2. The van der Waals surface area contributed by atoms with Crippen molar-refractivity contribution in [3.05, 3.63) is 29.3 Å². The van der Waals surface area contributed by atoms with Crippen molar-refractivity contribution in [3.63, 3.8) is 0 Å². The van der Waals surface area contributed by atoms with Gasteiger partial charge in [-0.3, -0.25) is 9.59 Å². The highest BCUT2D eigenvalue weighted by Crippen LogP contribution is 2.25. The Bertz CT molecular complexity index is 619. The Morgan fingerprint density at radius 2 is 2.12 bits per heavy atom. The predicted molar refractivity (Wildman–Crippen MR) is 94.7 cm³/mol. The zero-order valence-electron chi connectivity index (χ0n) is 14.4. The van der Waals surface area contributed by atoms with E-state index in [9.17, 15) is 9.59 Å². The zero-order chi connectivity index (χ0) is 17.1. The fraction of sp³-hybridized carbons (Fsp3) is 0.579. The number of aryl methyl sites for hydroxylation is 1. The van der Waals surface area contributed by atoms with Gasteiger partial charge in [0.25, 0.3) is 0 Å². The monoisotopic (exact) mass is 329 g/mol. The van der Waals surface area contributed by atoms with E-state index in [4.69, 9.17) is 5.73 Å². The van der Waals surface area contributed by atoms with Crippen molar-refractivity contribution in [2.45, 2.75) is 51.5 Å². The maximum absolute atomic E-state index is 12.3. The van der Waals surface area contributed by atoms with Crippen LogP contribution < -0.4 is 11.1 Å². The first kappa shape index (κ1) is 17.0. The second-order valence-electron chi connectivity index (χ2n) is 7.15. The number of fused-ring (bicyclic) bond motifs is 1. The molecule has 5 nitrogen and oxygen atoms in total. The fourth-order valence-electron chi connectivity index (χ4n) is 3.71. The number of piperidine rings is 1. The number of carbonyl (C=O) groups is 2. The van der Waals surface area contributed by atoms with Crippen molar-refractivity contribution in [1.82, 2.24) is 4.90 Å². The van der Waals surface area contributed by atoms with Crippen LogP contribution in [0.2, 0.25) is 0 Å². The molecule has 5 heteroatoms. The second kappa shape index (κ2) is 7.34. The zero-order valence-corrected chi connectivity index (χ0v) is 14.4. The molecule has 1 fully saturated rings. The smallest absolute Gasteiger partial charge is 0.228 e. The first-order valence-corrected chi connectivity index (χ1v) is 8.98. The van der Waals surface area contributed by atoms with Crippen LogP contribution in [0.3, 0.4) is 0 Å². The Morgan fingerprint density at radius 3 is 2.83 bits per heavy atom. The third kappa shape index (κ3) is 3.96. The molecule has 2 heterocycles. The quantitative estimate of drug-likeness (QED) is 0.868. The van der Waals surface area contributed by atoms with Gasteiger partial charge in [-0.1, -0.05) is 12.1 Å². The summed E-state index contributed by atoms with van der Waals surface area (Å²) in [5, 5.41) is 2.84. The molecule has 0 radical (unpaired) electrons. The van der Waals surface area contributed by atoms with Crippen molar-refractivity contribution in [3.8, 4) is 0 Å². The molecule has 3 rings (SSSR count). The molecule has 2 amide bonds. The van der Waals surface area contributed by atoms with Crippen LogP contribution in [-0.4, -0.2) is 35.8 Å². The molecule has 130 valence electrons. The highest BCUT2D eigenvalue weighted by atomic mass is 16.2. The number of carbonyl (C=O) groups excluding carboxylic acids is 2. The molecule has 1 atom stereocenters. The van der Waals surface area contributed by atoms with E-state index < -0.39 is 0 Å². The lowest BCUT2D eigenvalue weighted by Crippen LogP contribution is -2.42. The normalized spacial score (nSPS) is 19.1. The van der Waals surface area contributed by atoms with Gasteiger partial charge < -0.3 is 16.0 Å². The number of rotatable bonds is 5. The van der Waals surface area contributed by atoms with Gasteiger partial charge in [-0.25, -0.2) is 0 Å². The summed E-state index contributed by atoms with van der Waals surface area (Å²) in [6.07, 6.45) is 4.84. The van der Waals surface area contributed by atoms with Gasteiger partial charge in [0.1, 0.15) is 0 Å². The van der Waals surface area contributed by atoms with Gasteiger partial charge in [-0.05, 0) is 55.7 Å². The Balaban J connectivity index is 1.43. The van der Waals surface area contributed by atoms with E-state index in [1.54, 1.807) is 0 Å². The molecule has 0 saturated carbocycles. The van der Waals surface area contributed by atoms with Crippen LogP contribution in [0.25, 0.3) is 0 Å². The van der Waals surface area contributed by atoms with E-state index >= 15 is 0 Å². The van der Waals surface area contributed by atoms with Crippen LogP contribution >= 0.6 is 0 Å². The minimum atomic E-state index is 0.0625. The summed E-state index contributed by atoms with van der Waals surface area (Å²) < 4.78 is 0. The number of likely N-dealkylation sites (tertiary alicyclic amines) is 1. The molecule has 0 bridgehead atoms. The molecule has 1 unspecified atom stereocenters. The largest absolute Gasteiger partial charge is 0.343 e. The molecular weight excluding hydrogens is 302 g/mol. The number of nitrogens with one attached hydrogen (secondary N) is 1. The number of anilines is 1. The first-order valence-electron chi connectivity index (χ1n) is 8.98. The standard InChI is InChI=1S/C19H27N3O2/c1-13(20)15-7-9-22(10-8-15)19(24)4-2-3-14-5-6-17-16(11-14)12-18(23)21-17/h5-6,11,13,15H,2-4,7-10,12,20H2,1H3,(H,21,23). The molecule has 2 aliphatic rings. The third-order valence-electron chi connectivity index (χ3n) is 5.29. The van der Waals surface area contributed by atoms with E-state index in [0.29, 0.717) is 18.8 Å². The van der Waals surface area contributed by atoms with Crippen molar-refractivity contribution in [2.24, 2.45) is 11.7 Å². The average molecular weight is 329 g/mol. The summed E-state index contributed by atoms with van der Waals surface area (Å²) in [4.78, 5) is 25.7. The number of benzene rings is 1. The van der Waals surface area contributed by atoms with E-state index in [0.717, 1.165) is 50.0 Å². The summed E-state index contributed by atoms with van der Waals surface area (Å²) in [5.41, 5.74) is 9.15. The Morgan fingerprint density at radius 1 is 1.38 bits per heavy atom. The number of nitrogens with two attached hydrogens (primary N) is 1. The van der Waals surface area contributed by atoms with Gasteiger partial charge in [0.2, 0.25) is 11.8 Å². The number of hydrogen-bond acceptors (Lipinski definition) is 3. The van der Waals surface area contributed by atoms with Crippen molar-refractivity contribution in [2.75, 3.05) is 18.4 Å². The molecule has 1 aromatic rings. The molecule has 1 saturated heterocycles. The molecular formula is C19H27N3O2. The Kier molecular flexibility index (Phi) is 5.19. The minimum absolute atomic E-state index is 0.0625. The fourth-order valence-corrected chi connectivity index (χ4v) is 3.71. The van der Waals surface area contributed by atoms with Gasteiger partial charge in [0.05, 0.1) is 6.42 Å². The third-order valence-corrected chi connectivity index (χ3v) is 5.29. The molecule has 0 spiro atoms. The maximum atomic E-state index is 12.3. The molecule has 2 aliphatic heterocycles. The Labute approximate surface area is 143 Å². The number of amides is 2. The van der Waals surface area contributed by atoms with Crippen LogP contribution in [0.5, 0.6) is 0 Å². The van der Waals surface area contributed by atoms with E-state index in [1.807, 2.05) is 17.0 Å². The molecule has 0 aromatic heterocycles. The van der Waals surface area contributed by atoms with Crippen LogP contribution in [0.4, 0.5) is 5.69 Å². The Hall–Kier alpha value is -1.88. The van der Waals surface area contributed by atoms with Crippen molar-refractivity contribution < 1.29 is 9.59 Å². The second-order valence-corrected chi connectivity index (χ2v) is 7.15. The number of nitrogens with zero attached hydrogens (tertiary/aromatic N) is 1. The van der Waals surface area contributed by atoms with Gasteiger partial charge in [-0.2, -0.15) is 0 Å². The molecule has 1 aromatic carbocycles. The molecule has 0 aliphatic carbocycles. The summed E-state index contributed by atoms with van der Waals surface area (Å²) >= 11 is 0.